The van der Waals surface area contributed by atoms with Crippen LogP contribution < -0.4 is 0 Å². The normalized spacial score (nSPS) is 13.7. The third-order valence-corrected chi connectivity index (χ3v) is 2.32. The van der Waals surface area contributed by atoms with Gasteiger partial charge in [-0.3, -0.25) is 4.79 Å². The first kappa shape index (κ1) is 11.2. The van der Waals surface area contributed by atoms with Gasteiger partial charge >= 0.3 is 5.97 Å². The molecule has 0 aromatic heterocycles. The number of hydrogen-bond donors (Lipinski definition) is 0. The lowest BCUT2D eigenvalue weighted by Gasteiger charge is -2.27. The fraction of sp³-hybridized carbons (Fsp3) is 0.700. The third-order valence-electron chi connectivity index (χ3n) is 2.32. The maximum atomic E-state index is 11.3. The van der Waals surface area contributed by atoms with Gasteiger partial charge in [0.2, 0.25) is 0 Å². The number of esters is 1. The summed E-state index contributed by atoms with van der Waals surface area (Å²) >= 11 is 0. The van der Waals surface area contributed by atoms with E-state index in [2.05, 4.69) is 6.58 Å². The Bertz CT molecular complexity index is 171. The lowest BCUT2D eigenvalue weighted by molar-refractivity contribution is -0.148. The molecule has 0 N–H and O–H groups in total. The van der Waals surface area contributed by atoms with Crippen LogP contribution in [0.3, 0.4) is 0 Å². The Morgan fingerprint density at radius 2 is 2.17 bits per heavy atom. The Kier molecular flexibility index (Phi) is 4.01. The predicted octanol–water partition coefficient (Wildman–Crippen LogP) is 2.40. The number of allylic oxidation sites excluding steroid dienone is 1. The van der Waals surface area contributed by atoms with Crippen molar-refractivity contribution in [3.63, 3.8) is 0 Å². The standard InChI is InChI=1S/C10H18O2/c1-6-8(9(11)12-5)10(3,4)7-2/h7-8H,2,6H2,1,3-5H3. The van der Waals surface area contributed by atoms with Crippen LogP contribution in [-0.2, 0) is 9.53 Å². The van der Waals surface area contributed by atoms with Crippen LogP contribution in [0.25, 0.3) is 0 Å². The van der Waals surface area contributed by atoms with Gasteiger partial charge in [0, 0.05) is 0 Å². The highest BCUT2D eigenvalue weighted by Crippen LogP contribution is 2.31. The van der Waals surface area contributed by atoms with Crippen molar-refractivity contribution < 1.29 is 9.53 Å². The van der Waals surface area contributed by atoms with Gasteiger partial charge in [-0.15, -0.1) is 6.58 Å². The molecule has 0 radical (unpaired) electrons. The van der Waals surface area contributed by atoms with Gasteiger partial charge in [-0.2, -0.15) is 0 Å². The minimum Gasteiger partial charge on any atom is -0.469 e. The molecular weight excluding hydrogens is 152 g/mol. The molecule has 0 aliphatic heterocycles. The molecule has 0 aliphatic rings. The number of hydrogen-bond acceptors (Lipinski definition) is 2. The Morgan fingerprint density at radius 3 is 2.42 bits per heavy atom. The molecule has 0 spiro atoms. The topological polar surface area (TPSA) is 26.3 Å². The average molecular weight is 170 g/mol. The lowest BCUT2D eigenvalue weighted by Crippen LogP contribution is -2.29. The Labute approximate surface area is 74.6 Å². The minimum atomic E-state index is -0.179. The van der Waals surface area contributed by atoms with Crippen molar-refractivity contribution in [3.05, 3.63) is 12.7 Å². The van der Waals surface area contributed by atoms with E-state index in [0.717, 1.165) is 6.42 Å². The van der Waals surface area contributed by atoms with Crippen molar-refractivity contribution in [1.82, 2.24) is 0 Å². The zero-order valence-corrected chi connectivity index (χ0v) is 8.39. The van der Waals surface area contributed by atoms with Crippen LogP contribution in [0.1, 0.15) is 27.2 Å². The van der Waals surface area contributed by atoms with E-state index < -0.39 is 0 Å². The molecule has 0 aromatic carbocycles. The highest BCUT2D eigenvalue weighted by atomic mass is 16.5. The predicted molar refractivity (Wildman–Crippen MR) is 49.8 cm³/mol. The van der Waals surface area contributed by atoms with Gasteiger partial charge in [0.05, 0.1) is 13.0 Å². The second kappa shape index (κ2) is 4.29. The van der Waals surface area contributed by atoms with E-state index in [1.54, 1.807) is 6.08 Å². The zero-order chi connectivity index (χ0) is 9.78. The van der Waals surface area contributed by atoms with Gasteiger partial charge in [0.1, 0.15) is 0 Å². The molecule has 0 heterocycles. The van der Waals surface area contributed by atoms with Crippen LogP contribution in [0, 0.1) is 11.3 Å². The molecule has 12 heavy (non-hydrogen) atoms. The fourth-order valence-corrected chi connectivity index (χ4v) is 1.28. The molecule has 70 valence electrons. The Morgan fingerprint density at radius 1 is 1.67 bits per heavy atom. The molecule has 0 saturated heterocycles. The molecule has 0 aromatic rings. The van der Waals surface area contributed by atoms with Crippen molar-refractivity contribution in [2.24, 2.45) is 11.3 Å². The first-order valence-electron chi connectivity index (χ1n) is 4.21. The summed E-state index contributed by atoms with van der Waals surface area (Å²) in [6.07, 6.45) is 2.59. The van der Waals surface area contributed by atoms with Gasteiger partial charge in [0.15, 0.2) is 0 Å². The Hall–Kier alpha value is -0.790. The van der Waals surface area contributed by atoms with Crippen molar-refractivity contribution in [2.45, 2.75) is 27.2 Å². The average Bonchev–Trinajstić information content (AvgIpc) is 2.05. The van der Waals surface area contributed by atoms with Crippen LogP contribution in [-0.4, -0.2) is 13.1 Å². The molecule has 2 heteroatoms. The highest BCUT2D eigenvalue weighted by Gasteiger charge is 2.31. The van der Waals surface area contributed by atoms with E-state index in [1.807, 2.05) is 20.8 Å². The first-order chi connectivity index (χ1) is 5.49. The summed E-state index contributed by atoms with van der Waals surface area (Å²) in [7, 11) is 1.42. The van der Waals surface area contributed by atoms with Crippen molar-refractivity contribution in [2.75, 3.05) is 7.11 Å². The third kappa shape index (κ3) is 2.36. The molecule has 2 nitrogen and oxygen atoms in total. The molecule has 0 amide bonds. The SMILES string of the molecule is C=CC(C)(C)C(CC)C(=O)OC. The molecule has 0 saturated carbocycles. The molecule has 1 unspecified atom stereocenters. The van der Waals surface area contributed by atoms with Gasteiger partial charge in [-0.25, -0.2) is 0 Å². The maximum absolute atomic E-state index is 11.3. The lowest BCUT2D eigenvalue weighted by atomic mass is 9.77. The highest BCUT2D eigenvalue weighted by molar-refractivity contribution is 5.73. The molecule has 0 bridgehead atoms. The van der Waals surface area contributed by atoms with Gasteiger partial charge in [-0.05, 0) is 11.8 Å². The smallest absolute Gasteiger partial charge is 0.309 e. The van der Waals surface area contributed by atoms with E-state index in [4.69, 9.17) is 4.74 Å². The Balaban J connectivity index is 4.54. The summed E-state index contributed by atoms with van der Waals surface area (Å²) in [6.45, 7) is 9.67. The molecule has 0 fully saturated rings. The van der Waals surface area contributed by atoms with Gasteiger partial charge in [0.25, 0.3) is 0 Å². The largest absolute Gasteiger partial charge is 0.469 e. The number of rotatable bonds is 4. The molecule has 0 aliphatic carbocycles. The number of carbonyl (C=O) groups excluding carboxylic acids is 1. The first-order valence-corrected chi connectivity index (χ1v) is 4.21. The summed E-state index contributed by atoms with van der Waals surface area (Å²) in [5.74, 6) is -0.234. The molecular formula is C10H18O2. The zero-order valence-electron chi connectivity index (χ0n) is 8.39. The summed E-state index contributed by atoms with van der Waals surface area (Å²) in [4.78, 5) is 11.3. The van der Waals surface area contributed by atoms with E-state index in [9.17, 15) is 4.79 Å². The fourth-order valence-electron chi connectivity index (χ4n) is 1.28. The number of methoxy groups -OCH3 is 1. The summed E-state index contributed by atoms with van der Waals surface area (Å²) in [6, 6.07) is 0. The van der Waals surface area contributed by atoms with Crippen LogP contribution >= 0.6 is 0 Å². The van der Waals surface area contributed by atoms with E-state index >= 15 is 0 Å². The maximum Gasteiger partial charge on any atom is 0.309 e. The summed E-state index contributed by atoms with van der Waals surface area (Å²) in [5, 5.41) is 0. The minimum absolute atomic E-state index is 0.0833. The van der Waals surface area contributed by atoms with Crippen molar-refractivity contribution in [3.8, 4) is 0 Å². The quantitative estimate of drug-likeness (QED) is 0.478. The van der Waals surface area contributed by atoms with E-state index in [0.29, 0.717) is 0 Å². The number of carbonyl (C=O) groups is 1. The molecule has 1 atom stereocenters. The van der Waals surface area contributed by atoms with Gasteiger partial charge in [-0.1, -0.05) is 26.8 Å². The van der Waals surface area contributed by atoms with Gasteiger partial charge < -0.3 is 4.74 Å². The number of ether oxygens (including phenoxy) is 1. The van der Waals surface area contributed by atoms with E-state index in [1.165, 1.54) is 7.11 Å². The second-order valence-electron chi connectivity index (χ2n) is 3.51. The monoisotopic (exact) mass is 170 g/mol. The summed E-state index contributed by atoms with van der Waals surface area (Å²) in [5.41, 5.74) is -0.179. The van der Waals surface area contributed by atoms with Crippen LogP contribution in [0.5, 0.6) is 0 Å². The van der Waals surface area contributed by atoms with Crippen molar-refractivity contribution >= 4 is 5.97 Å². The van der Waals surface area contributed by atoms with Crippen LogP contribution in [0.4, 0.5) is 0 Å². The van der Waals surface area contributed by atoms with Crippen LogP contribution in [0.15, 0.2) is 12.7 Å². The summed E-state index contributed by atoms with van der Waals surface area (Å²) < 4.78 is 4.70. The molecule has 0 rings (SSSR count). The van der Waals surface area contributed by atoms with Crippen LogP contribution in [0.2, 0.25) is 0 Å². The van der Waals surface area contributed by atoms with Crippen molar-refractivity contribution in [1.29, 1.82) is 0 Å². The van der Waals surface area contributed by atoms with E-state index in [-0.39, 0.29) is 17.3 Å². The second-order valence-corrected chi connectivity index (χ2v) is 3.51.